The monoisotopic (exact) mass is 439 g/mol. The number of aromatic nitrogens is 2. The summed E-state index contributed by atoms with van der Waals surface area (Å²) in [4.78, 5) is 16.1. The fourth-order valence-electron chi connectivity index (χ4n) is 5.43. The van der Waals surface area contributed by atoms with Crippen LogP contribution in [-0.2, 0) is 17.8 Å². The first kappa shape index (κ1) is 21.5. The summed E-state index contributed by atoms with van der Waals surface area (Å²) in [5, 5.41) is 21.7. The van der Waals surface area contributed by atoms with Gasteiger partial charge >= 0.3 is 0 Å². The van der Waals surface area contributed by atoms with E-state index < -0.39 is 0 Å². The number of nitrogens with one attached hydrogen (secondary N) is 1. The van der Waals surface area contributed by atoms with Crippen LogP contribution in [0.3, 0.4) is 0 Å². The predicted molar refractivity (Wildman–Crippen MR) is 128 cm³/mol. The maximum absolute atomic E-state index is 13.7. The maximum atomic E-state index is 13.7. The molecule has 5 rings (SSSR count). The van der Waals surface area contributed by atoms with E-state index in [2.05, 4.69) is 32.5 Å². The average molecular weight is 440 g/mol. The van der Waals surface area contributed by atoms with E-state index in [9.17, 15) is 10.1 Å². The number of benzene rings is 2. The van der Waals surface area contributed by atoms with Gasteiger partial charge in [-0.25, -0.2) is 0 Å². The van der Waals surface area contributed by atoms with Crippen LogP contribution in [-0.4, -0.2) is 34.1 Å². The molecule has 2 heterocycles. The van der Waals surface area contributed by atoms with E-state index in [1.54, 1.807) is 6.20 Å². The van der Waals surface area contributed by atoms with Gasteiger partial charge in [0.2, 0.25) is 5.91 Å². The van der Waals surface area contributed by atoms with Crippen molar-refractivity contribution in [2.24, 2.45) is 5.41 Å². The van der Waals surface area contributed by atoms with Crippen LogP contribution in [0.2, 0.25) is 0 Å². The SMILES string of the molecule is N#Cc1ccc2c(c1)CN(CCC1(C(=O)Nc3cnnc4ccccc34)CCCCC1)CC2. The van der Waals surface area contributed by atoms with Crippen molar-refractivity contribution in [1.82, 2.24) is 15.1 Å². The maximum Gasteiger partial charge on any atom is 0.230 e. The molecule has 1 N–H and O–H groups in total. The highest BCUT2D eigenvalue weighted by Crippen LogP contribution is 2.41. The summed E-state index contributed by atoms with van der Waals surface area (Å²) in [6.45, 7) is 2.73. The minimum atomic E-state index is -0.350. The third-order valence-electron chi connectivity index (χ3n) is 7.42. The highest BCUT2D eigenvalue weighted by molar-refractivity contribution is 6.02. The zero-order valence-corrected chi connectivity index (χ0v) is 18.9. The van der Waals surface area contributed by atoms with Gasteiger partial charge in [0.25, 0.3) is 0 Å². The molecule has 1 amide bonds. The first-order valence-corrected chi connectivity index (χ1v) is 11.9. The van der Waals surface area contributed by atoms with Crippen LogP contribution in [0.5, 0.6) is 0 Å². The predicted octanol–water partition coefficient (Wildman–Crippen LogP) is 4.84. The molecule has 0 spiro atoms. The second-order valence-corrected chi connectivity index (χ2v) is 9.44. The first-order chi connectivity index (χ1) is 16.2. The van der Waals surface area contributed by atoms with Crippen molar-refractivity contribution in [2.75, 3.05) is 18.4 Å². The van der Waals surface area contributed by atoms with Crippen LogP contribution in [0.15, 0.2) is 48.7 Å². The lowest BCUT2D eigenvalue weighted by molar-refractivity contribution is -0.128. The summed E-state index contributed by atoms with van der Waals surface area (Å²) >= 11 is 0. The first-order valence-electron chi connectivity index (χ1n) is 11.9. The quantitative estimate of drug-likeness (QED) is 0.615. The fourth-order valence-corrected chi connectivity index (χ4v) is 5.43. The van der Waals surface area contributed by atoms with Crippen LogP contribution in [0.4, 0.5) is 5.69 Å². The average Bonchev–Trinajstić information content (AvgIpc) is 2.87. The summed E-state index contributed by atoms with van der Waals surface area (Å²) in [6.07, 6.45) is 8.75. The van der Waals surface area contributed by atoms with Crippen molar-refractivity contribution in [3.05, 3.63) is 65.4 Å². The fraction of sp³-hybridized carbons (Fsp3) is 0.407. The lowest BCUT2D eigenvalue weighted by atomic mass is 9.71. The summed E-state index contributed by atoms with van der Waals surface area (Å²) in [5.41, 5.74) is 4.49. The molecule has 0 saturated heterocycles. The Morgan fingerprint density at radius 3 is 2.82 bits per heavy atom. The molecule has 1 aliphatic heterocycles. The minimum absolute atomic E-state index is 0.115. The van der Waals surface area contributed by atoms with Crippen LogP contribution < -0.4 is 5.32 Å². The van der Waals surface area contributed by atoms with Gasteiger partial charge in [-0.2, -0.15) is 15.5 Å². The lowest BCUT2D eigenvalue weighted by Crippen LogP contribution is -2.42. The molecule has 3 aromatic rings. The molecule has 0 unspecified atom stereocenters. The van der Waals surface area contributed by atoms with Crippen LogP contribution in [0.25, 0.3) is 10.9 Å². The van der Waals surface area contributed by atoms with Gasteiger partial charge in [-0.3, -0.25) is 9.69 Å². The van der Waals surface area contributed by atoms with E-state index in [1.165, 1.54) is 17.5 Å². The largest absolute Gasteiger partial charge is 0.324 e. The standard InChI is InChI=1S/C27H29N5O/c28-17-20-8-9-21-10-14-32(19-22(21)16-20)15-13-27(11-4-1-5-12-27)26(33)30-25-18-29-31-24-7-3-2-6-23(24)25/h2-3,6-9,16,18H,1,4-5,10-15,19H2,(H,30,31,33). The number of nitrogens with zero attached hydrogens (tertiary/aromatic N) is 4. The van der Waals surface area contributed by atoms with E-state index in [4.69, 9.17) is 0 Å². The Balaban J connectivity index is 1.32. The van der Waals surface area contributed by atoms with Gasteiger partial charge in [0.15, 0.2) is 0 Å². The normalized spacial score (nSPS) is 17.8. The molecule has 1 aromatic heterocycles. The second kappa shape index (κ2) is 9.29. The van der Waals surface area contributed by atoms with Crippen molar-refractivity contribution in [1.29, 1.82) is 5.26 Å². The molecular formula is C27H29N5O. The molecule has 1 fully saturated rings. The van der Waals surface area contributed by atoms with E-state index >= 15 is 0 Å². The van der Waals surface area contributed by atoms with Gasteiger partial charge < -0.3 is 5.32 Å². The minimum Gasteiger partial charge on any atom is -0.324 e. The summed E-state index contributed by atoms with van der Waals surface area (Å²) in [7, 11) is 0. The number of hydrogen-bond acceptors (Lipinski definition) is 5. The van der Waals surface area contributed by atoms with Crippen molar-refractivity contribution in [3.8, 4) is 6.07 Å². The topological polar surface area (TPSA) is 81.9 Å². The molecular weight excluding hydrogens is 410 g/mol. The summed E-state index contributed by atoms with van der Waals surface area (Å²) in [5.74, 6) is 0.115. The van der Waals surface area contributed by atoms with Gasteiger partial charge in [0.1, 0.15) is 0 Å². The van der Waals surface area contributed by atoms with Crippen molar-refractivity contribution >= 4 is 22.5 Å². The Morgan fingerprint density at radius 2 is 1.97 bits per heavy atom. The molecule has 6 nitrogen and oxygen atoms in total. The molecule has 2 aromatic carbocycles. The number of carbonyl (C=O) groups is 1. The van der Waals surface area contributed by atoms with E-state index in [0.29, 0.717) is 0 Å². The number of carbonyl (C=O) groups excluding carboxylic acids is 1. The molecule has 168 valence electrons. The van der Waals surface area contributed by atoms with Crippen LogP contribution in [0, 0.1) is 16.7 Å². The second-order valence-electron chi connectivity index (χ2n) is 9.44. The molecule has 0 atom stereocenters. The number of anilines is 1. The number of amides is 1. The molecule has 2 aliphatic rings. The third-order valence-corrected chi connectivity index (χ3v) is 7.42. The Labute approximate surface area is 194 Å². The van der Waals surface area contributed by atoms with Gasteiger partial charge in [-0.1, -0.05) is 43.5 Å². The Hall–Kier alpha value is -3.30. The Kier molecular flexibility index (Phi) is 6.06. The van der Waals surface area contributed by atoms with E-state index in [1.807, 2.05) is 36.4 Å². The molecule has 1 saturated carbocycles. The molecule has 6 heteroatoms. The van der Waals surface area contributed by atoms with E-state index in [-0.39, 0.29) is 11.3 Å². The Bertz CT molecular complexity index is 1200. The molecule has 33 heavy (non-hydrogen) atoms. The van der Waals surface area contributed by atoms with Crippen molar-refractivity contribution < 1.29 is 4.79 Å². The zero-order valence-electron chi connectivity index (χ0n) is 18.9. The highest BCUT2D eigenvalue weighted by Gasteiger charge is 2.39. The number of hydrogen-bond donors (Lipinski definition) is 1. The molecule has 0 radical (unpaired) electrons. The van der Waals surface area contributed by atoms with Crippen LogP contribution in [0.1, 0.15) is 55.2 Å². The lowest BCUT2D eigenvalue weighted by Gasteiger charge is -2.38. The summed E-state index contributed by atoms with van der Waals surface area (Å²) < 4.78 is 0. The van der Waals surface area contributed by atoms with Gasteiger partial charge in [0, 0.05) is 18.5 Å². The summed E-state index contributed by atoms with van der Waals surface area (Å²) in [6, 6.07) is 16.1. The van der Waals surface area contributed by atoms with Gasteiger partial charge in [-0.05, 0) is 61.6 Å². The van der Waals surface area contributed by atoms with Crippen molar-refractivity contribution in [2.45, 2.75) is 51.5 Å². The smallest absolute Gasteiger partial charge is 0.230 e. The molecule has 0 bridgehead atoms. The number of fused-ring (bicyclic) bond motifs is 2. The zero-order chi connectivity index (χ0) is 22.7. The van der Waals surface area contributed by atoms with Crippen LogP contribution >= 0.6 is 0 Å². The van der Waals surface area contributed by atoms with E-state index in [0.717, 1.165) is 80.3 Å². The molecule has 1 aliphatic carbocycles. The number of nitriles is 1. The van der Waals surface area contributed by atoms with Gasteiger partial charge in [-0.15, -0.1) is 0 Å². The van der Waals surface area contributed by atoms with Gasteiger partial charge in [0.05, 0.1) is 34.4 Å². The highest BCUT2D eigenvalue weighted by atomic mass is 16.2. The number of rotatable bonds is 5. The Morgan fingerprint density at radius 1 is 1.12 bits per heavy atom. The third kappa shape index (κ3) is 4.46. The van der Waals surface area contributed by atoms with Crippen molar-refractivity contribution in [3.63, 3.8) is 0 Å².